The number of rotatable bonds is 15. The molecule has 1 heterocycles. The zero-order chi connectivity index (χ0) is 45.3. The Kier molecular flexibility index (Phi) is 16.1. The Morgan fingerprint density at radius 2 is 1.53 bits per heavy atom. The van der Waals surface area contributed by atoms with Gasteiger partial charge < -0.3 is 26.2 Å². The zero-order valence-corrected chi connectivity index (χ0v) is 37.2. The van der Waals surface area contributed by atoms with Crippen LogP contribution in [0.3, 0.4) is 0 Å². The standard InChI is InChI=1S/C49H56ClN3O8S/c1-30(21-23-62(4,5)61)24-45(57)41-27-32-9-19-42(54)39(26-32)40-28-36(16-20-43(40)55)47(46(58)25-31(2)48(59)52-41)53(3)49(60)37(8-6-7-22-51)29-44(56)35-12-10-33(11-13-35)34-14-17-38(50)18-15-34/h9-21,23,26,28,30-31,37,41,47,54-55H,4,6-8,22,24-25,27,29,51H2,1-3,5H3,(H,52,59)/b23-21-/t30-,31+,37+,41-,47-,62?/m0/s1. The third-order valence-electron chi connectivity index (χ3n) is 11.2. The molecule has 0 radical (unpaired) electrons. The fourth-order valence-electron chi connectivity index (χ4n) is 7.72. The van der Waals surface area contributed by atoms with Gasteiger partial charge in [-0.2, -0.15) is 0 Å². The summed E-state index contributed by atoms with van der Waals surface area (Å²) < 4.78 is 12.2. The van der Waals surface area contributed by atoms with Gasteiger partial charge in [0.05, 0.1) is 6.04 Å². The number of aromatic hydroxyl groups is 2. The van der Waals surface area contributed by atoms with Crippen LogP contribution in [0.2, 0.25) is 5.02 Å². The number of likely N-dealkylation sites (N-methyl/N-ethyl adjacent to an activating group) is 1. The van der Waals surface area contributed by atoms with Gasteiger partial charge in [0.2, 0.25) is 11.8 Å². The van der Waals surface area contributed by atoms with Crippen molar-refractivity contribution < 1.29 is 38.4 Å². The van der Waals surface area contributed by atoms with E-state index >= 15 is 0 Å². The Labute approximate surface area is 369 Å². The van der Waals surface area contributed by atoms with Gasteiger partial charge in [-0.15, -0.1) is 0 Å². The molecule has 2 amide bonds. The largest absolute Gasteiger partial charge is 0.507 e. The molecule has 13 heteroatoms. The van der Waals surface area contributed by atoms with Gasteiger partial charge >= 0.3 is 0 Å². The monoisotopic (exact) mass is 881 g/mol. The first-order chi connectivity index (χ1) is 29.3. The van der Waals surface area contributed by atoms with Crippen molar-refractivity contribution in [1.82, 2.24) is 10.2 Å². The minimum absolute atomic E-state index is 0.0106. The summed E-state index contributed by atoms with van der Waals surface area (Å²) in [6, 6.07) is 21.3. The van der Waals surface area contributed by atoms with Crippen molar-refractivity contribution in [2.45, 2.75) is 70.9 Å². The number of phenols is 2. The molecule has 4 bridgehead atoms. The van der Waals surface area contributed by atoms with E-state index < -0.39 is 51.0 Å². The number of ketones is 3. The van der Waals surface area contributed by atoms with E-state index in [0.29, 0.717) is 47.5 Å². The van der Waals surface area contributed by atoms with Crippen molar-refractivity contribution in [3.63, 3.8) is 0 Å². The number of benzene rings is 4. The van der Waals surface area contributed by atoms with Gasteiger partial charge in [0, 0.05) is 66.1 Å². The van der Waals surface area contributed by atoms with E-state index in [0.717, 1.165) is 11.1 Å². The maximum Gasteiger partial charge on any atom is 0.226 e. The number of carbonyl (C=O) groups excluding carboxylic acids is 5. The summed E-state index contributed by atoms with van der Waals surface area (Å²) in [5.74, 6) is -0.889. The molecule has 1 aliphatic heterocycles. The molecule has 0 aromatic heterocycles. The predicted molar refractivity (Wildman–Crippen MR) is 246 cm³/mol. The van der Waals surface area contributed by atoms with Crippen LogP contribution >= 0.6 is 11.6 Å². The Morgan fingerprint density at radius 3 is 2.16 bits per heavy atom. The van der Waals surface area contributed by atoms with E-state index in [-0.39, 0.29) is 65.8 Å². The van der Waals surface area contributed by atoms with Crippen LogP contribution in [-0.2, 0) is 35.1 Å². The number of allylic oxidation sites excluding steroid dienone is 1. The van der Waals surface area contributed by atoms with Gasteiger partial charge in [-0.25, -0.2) is 0 Å². The SMILES string of the molecule is C=S(C)(=O)/C=C\[C@H](C)CC(=O)[C@@H]1Cc2ccc(O)c(c2)-c2cc(ccc2O)[C@H](N(C)C(=O)[C@H](CCCCN)CC(=O)c2ccc(-c3ccc(Cl)cc3)cc2)C(=O)C[C@@H](C)C(=O)N1. The van der Waals surface area contributed by atoms with Crippen molar-refractivity contribution >= 4 is 56.2 Å². The molecule has 0 saturated heterocycles. The van der Waals surface area contributed by atoms with E-state index in [1.54, 1.807) is 62.4 Å². The van der Waals surface area contributed by atoms with Gasteiger partial charge in [-0.1, -0.05) is 86.5 Å². The number of halogens is 1. The number of hydrogen-bond acceptors (Lipinski definition) is 9. The lowest BCUT2D eigenvalue weighted by atomic mass is 9.87. The Balaban J connectivity index is 1.49. The van der Waals surface area contributed by atoms with Crippen LogP contribution < -0.4 is 11.1 Å². The lowest BCUT2D eigenvalue weighted by Gasteiger charge is -2.32. The second-order valence-corrected chi connectivity index (χ2v) is 19.4. The topological polar surface area (TPSA) is 184 Å². The van der Waals surface area contributed by atoms with E-state index in [4.69, 9.17) is 17.3 Å². The van der Waals surface area contributed by atoms with Crippen molar-refractivity contribution in [2.24, 2.45) is 23.5 Å². The van der Waals surface area contributed by atoms with E-state index in [1.165, 1.54) is 41.8 Å². The summed E-state index contributed by atoms with van der Waals surface area (Å²) in [6.45, 7) is 3.75. The number of fused-ring (bicyclic) bond motifs is 5. The van der Waals surface area contributed by atoms with Crippen molar-refractivity contribution in [3.05, 3.63) is 118 Å². The lowest BCUT2D eigenvalue weighted by Crippen LogP contribution is -2.46. The van der Waals surface area contributed by atoms with Crippen molar-refractivity contribution in [1.29, 1.82) is 0 Å². The number of hydrogen-bond donors (Lipinski definition) is 4. The molecule has 1 unspecified atom stereocenters. The van der Waals surface area contributed by atoms with Crippen LogP contribution in [0.5, 0.6) is 11.5 Å². The summed E-state index contributed by atoms with van der Waals surface area (Å²) in [5, 5.41) is 27.2. The second-order valence-electron chi connectivity index (χ2n) is 16.6. The highest BCUT2D eigenvalue weighted by atomic mass is 35.5. The number of nitrogens with two attached hydrogens (primary N) is 1. The fourth-order valence-corrected chi connectivity index (χ4v) is 8.44. The van der Waals surface area contributed by atoms with Crippen LogP contribution in [0.4, 0.5) is 0 Å². The third-order valence-corrected chi connectivity index (χ3v) is 12.2. The van der Waals surface area contributed by atoms with Crippen LogP contribution in [0.1, 0.15) is 79.9 Å². The van der Waals surface area contributed by atoms with Crippen molar-refractivity contribution in [3.8, 4) is 33.8 Å². The first kappa shape index (κ1) is 47.5. The number of nitrogens with one attached hydrogen (secondary N) is 1. The van der Waals surface area contributed by atoms with Crippen LogP contribution in [0, 0.1) is 17.8 Å². The van der Waals surface area contributed by atoms with Gasteiger partial charge in [-0.05, 0) is 111 Å². The molecular formula is C49H56ClN3O8S. The minimum atomic E-state index is -2.44. The maximum atomic E-state index is 14.7. The predicted octanol–water partition coefficient (Wildman–Crippen LogP) is 7.69. The van der Waals surface area contributed by atoms with Gasteiger partial charge in [-0.3, -0.25) is 28.2 Å². The Morgan fingerprint density at radius 1 is 0.919 bits per heavy atom. The number of unbranched alkanes of at least 4 members (excludes halogenated alkanes) is 1. The first-order valence-corrected chi connectivity index (χ1v) is 23.3. The molecule has 0 spiro atoms. The number of phenolic OH excluding ortho intramolecular Hbond substituents is 2. The molecule has 11 nitrogen and oxygen atoms in total. The average Bonchev–Trinajstić information content (AvgIpc) is 3.23. The fraction of sp³-hybridized carbons (Fsp3) is 0.347. The summed E-state index contributed by atoms with van der Waals surface area (Å²) in [6.07, 6.45) is 4.26. The van der Waals surface area contributed by atoms with Crippen LogP contribution in [0.25, 0.3) is 22.3 Å². The molecule has 328 valence electrons. The second kappa shape index (κ2) is 21.0. The highest BCUT2D eigenvalue weighted by molar-refractivity contribution is 8.02. The number of Topliss-reactive ketones (excluding diaryl/α,β-unsaturated/α-hetero) is 3. The van der Waals surface area contributed by atoms with E-state index in [1.807, 2.05) is 24.3 Å². The smallest absolute Gasteiger partial charge is 0.226 e. The molecule has 5 N–H and O–H groups in total. The van der Waals surface area contributed by atoms with Crippen LogP contribution in [0.15, 0.2) is 96.4 Å². The van der Waals surface area contributed by atoms with E-state index in [9.17, 15) is 38.4 Å². The Hall–Kier alpha value is -5.56. The summed E-state index contributed by atoms with van der Waals surface area (Å²) in [4.78, 5) is 72.0. The first-order valence-electron chi connectivity index (χ1n) is 20.7. The third kappa shape index (κ3) is 12.5. The molecule has 62 heavy (non-hydrogen) atoms. The summed E-state index contributed by atoms with van der Waals surface area (Å²) >= 11 is 6.06. The van der Waals surface area contributed by atoms with Gasteiger partial charge in [0.1, 0.15) is 17.5 Å². The number of amides is 2. The maximum absolute atomic E-state index is 14.7. The quantitative estimate of drug-likeness (QED) is 0.0528. The molecule has 1 aliphatic rings. The molecular weight excluding hydrogens is 826 g/mol. The highest BCUT2D eigenvalue weighted by Gasteiger charge is 2.36. The molecule has 0 aliphatic carbocycles. The number of nitrogens with zero attached hydrogens (tertiary/aromatic N) is 1. The van der Waals surface area contributed by atoms with Gasteiger partial charge in [0.15, 0.2) is 17.3 Å². The molecule has 0 saturated carbocycles. The number of carbonyl (C=O) groups is 5. The zero-order valence-electron chi connectivity index (χ0n) is 35.6. The lowest BCUT2D eigenvalue weighted by molar-refractivity contribution is -0.142. The average molecular weight is 883 g/mol. The van der Waals surface area contributed by atoms with E-state index in [2.05, 4.69) is 11.2 Å². The summed E-state index contributed by atoms with van der Waals surface area (Å²) in [7, 11) is -0.952. The molecule has 5 rings (SSSR count). The van der Waals surface area contributed by atoms with Crippen molar-refractivity contribution in [2.75, 3.05) is 19.8 Å². The minimum Gasteiger partial charge on any atom is -0.507 e. The molecule has 0 fully saturated rings. The summed E-state index contributed by atoms with van der Waals surface area (Å²) in [5.41, 5.74) is 9.35. The van der Waals surface area contributed by atoms with Gasteiger partial charge in [0.25, 0.3) is 0 Å². The van der Waals surface area contributed by atoms with Crippen LogP contribution in [-0.4, -0.2) is 80.2 Å². The Bertz CT molecular complexity index is 2430. The highest BCUT2D eigenvalue weighted by Crippen LogP contribution is 2.40. The molecule has 4 aromatic carbocycles. The normalized spacial score (nSPS) is 18.8. The molecule has 6 atom stereocenters. The molecule has 4 aromatic rings.